The first-order valence-electron chi connectivity index (χ1n) is 15.9. The van der Waals surface area contributed by atoms with Crippen molar-refractivity contribution in [1.29, 1.82) is 0 Å². The third-order valence-corrected chi connectivity index (χ3v) is 8.67. The zero-order valence-electron chi connectivity index (χ0n) is 27.2. The number of nitrogens with zero attached hydrogens (tertiary/aromatic N) is 5. The molecule has 236 valence electrons. The molecule has 0 aliphatic carbocycles. The number of amides is 3. The Morgan fingerprint density at radius 3 is 2.33 bits per heavy atom. The highest BCUT2D eigenvalue weighted by molar-refractivity contribution is 5.99. The lowest BCUT2D eigenvalue weighted by Crippen LogP contribution is -2.39. The minimum absolute atomic E-state index is 0.0412. The van der Waals surface area contributed by atoms with Gasteiger partial charge in [0, 0.05) is 48.0 Å². The Kier molecular flexibility index (Phi) is 8.58. The van der Waals surface area contributed by atoms with Gasteiger partial charge in [0.05, 0.1) is 28.2 Å². The fourth-order valence-electron chi connectivity index (χ4n) is 5.90. The number of carbonyl (C=O) groups excluding carboxylic acids is 2. The van der Waals surface area contributed by atoms with E-state index >= 15 is 0 Å². The van der Waals surface area contributed by atoms with Crippen molar-refractivity contribution in [3.63, 3.8) is 0 Å². The van der Waals surface area contributed by atoms with Gasteiger partial charge in [-0.3, -0.25) is 20.1 Å². The summed E-state index contributed by atoms with van der Waals surface area (Å²) in [6.07, 6.45) is 6.29. The first-order valence-corrected chi connectivity index (χ1v) is 15.9. The maximum absolute atomic E-state index is 13.3. The van der Waals surface area contributed by atoms with Crippen LogP contribution in [0.25, 0.3) is 16.6 Å². The first kappa shape index (κ1) is 31.0. The van der Waals surface area contributed by atoms with Crippen LogP contribution in [0.2, 0.25) is 0 Å². The normalized spacial score (nSPS) is 14.0. The van der Waals surface area contributed by atoms with Crippen LogP contribution < -0.4 is 10.6 Å². The number of rotatable bonds is 6. The molecule has 3 aromatic heterocycles. The quantitative estimate of drug-likeness (QED) is 0.206. The van der Waals surface area contributed by atoms with Crippen molar-refractivity contribution in [2.24, 2.45) is 5.92 Å². The zero-order valence-corrected chi connectivity index (χ0v) is 27.2. The predicted octanol–water partition coefficient (Wildman–Crippen LogP) is 7.47. The van der Waals surface area contributed by atoms with E-state index in [0.717, 1.165) is 65.9 Å². The number of hydrogen-bond donors (Lipinski definition) is 2. The summed E-state index contributed by atoms with van der Waals surface area (Å²) in [4.78, 5) is 37.1. The van der Waals surface area contributed by atoms with E-state index in [1.54, 1.807) is 17.1 Å². The molecule has 0 radical (unpaired) electrons. The number of pyridine rings is 2. The van der Waals surface area contributed by atoms with Crippen LogP contribution in [-0.4, -0.2) is 49.7 Å². The molecule has 4 heterocycles. The Hall–Kier alpha value is -5.05. The average Bonchev–Trinajstić information content (AvgIpc) is 3.46. The van der Waals surface area contributed by atoms with Crippen LogP contribution in [0, 0.1) is 19.8 Å². The van der Waals surface area contributed by atoms with Gasteiger partial charge in [0.15, 0.2) is 0 Å². The summed E-state index contributed by atoms with van der Waals surface area (Å²) < 4.78 is 1.78. The standard InChI is InChI=1S/C37H41N7O2/c1-24-6-12-30(13-7-24)44-34(22-33(42-44)37(3,4)5)41-36(46)40-29-10-8-26(9-11-29)20-27-15-18-43(19-16-27)35(45)31-21-28-23-38-17-14-32(28)39-25(31)2/h6-14,17,21-23,27H,15-16,18-20H2,1-5H3,(H2,40,41,46). The first-order chi connectivity index (χ1) is 22.0. The van der Waals surface area contributed by atoms with Gasteiger partial charge in [-0.2, -0.15) is 5.10 Å². The molecule has 6 rings (SSSR count). The third kappa shape index (κ3) is 6.93. The maximum atomic E-state index is 13.3. The van der Waals surface area contributed by atoms with E-state index in [1.807, 2.05) is 73.3 Å². The van der Waals surface area contributed by atoms with Crippen molar-refractivity contribution in [3.05, 3.63) is 107 Å². The van der Waals surface area contributed by atoms with Gasteiger partial charge in [-0.15, -0.1) is 0 Å². The maximum Gasteiger partial charge on any atom is 0.324 e. The molecule has 0 spiro atoms. The monoisotopic (exact) mass is 615 g/mol. The molecule has 0 saturated carbocycles. The van der Waals surface area contributed by atoms with E-state index in [-0.39, 0.29) is 17.4 Å². The lowest BCUT2D eigenvalue weighted by atomic mass is 9.90. The highest BCUT2D eigenvalue weighted by Crippen LogP contribution is 2.28. The molecule has 0 unspecified atom stereocenters. The summed E-state index contributed by atoms with van der Waals surface area (Å²) in [5.41, 5.74) is 6.95. The van der Waals surface area contributed by atoms with Crippen molar-refractivity contribution in [1.82, 2.24) is 24.6 Å². The molecule has 3 amide bonds. The number of hydrogen-bond acceptors (Lipinski definition) is 5. The fourth-order valence-corrected chi connectivity index (χ4v) is 5.90. The van der Waals surface area contributed by atoms with Crippen LogP contribution >= 0.6 is 0 Å². The largest absolute Gasteiger partial charge is 0.339 e. The van der Waals surface area contributed by atoms with E-state index in [1.165, 1.54) is 5.56 Å². The van der Waals surface area contributed by atoms with Gasteiger partial charge >= 0.3 is 6.03 Å². The summed E-state index contributed by atoms with van der Waals surface area (Å²) in [5.74, 6) is 1.14. The lowest BCUT2D eigenvalue weighted by molar-refractivity contribution is 0.0689. The number of likely N-dealkylation sites (tertiary alicyclic amines) is 1. The number of aromatic nitrogens is 4. The molecule has 2 aromatic carbocycles. The fraction of sp³-hybridized carbons (Fsp3) is 0.324. The highest BCUT2D eigenvalue weighted by atomic mass is 16.2. The minimum Gasteiger partial charge on any atom is -0.339 e. The van der Waals surface area contributed by atoms with Gasteiger partial charge in [-0.25, -0.2) is 9.48 Å². The Morgan fingerprint density at radius 2 is 1.63 bits per heavy atom. The van der Waals surface area contributed by atoms with E-state index in [4.69, 9.17) is 5.10 Å². The van der Waals surface area contributed by atoms with Crippen LogP contribution in [0.1, 0.15) is 66.5 Å². The van der Waals surface area contributed by atoms with Crippen molar-refractivity contribution < 1.29 is 9.59 Å². The molecule has 1 fully saturated rings. The molecule has 9 heteroatoms. The number of urea groups is 1. The van der Waals surface area contributed by atoms with E-state index in [2.05, 4.69) is 53.5 Å². The van der Waals surface area contributed by atoms with Gasteiger partial charge in [-0.1, -0.05) is 50.6 Å². The molecule has 1 aliphatic heterocycles. The molecule has 2 N–H and O–H groups in total. The summed E-state index contributed by atoms with van der Waals surface area (Å²) in [5, 5.41) is 11.6. The van der Waals surface area contributed by atoms with Crippen LogP contribution in [0.3, 0.4) is 0 Å². The molecule has 5 aromatic rings. The molecule has 46 heavy (non-hydrogen) atoms. The Bertz CT molecular complexity index is 1860. The zero-order chi connectivity index (χ0) is 32.4. The number of carbonyl (C=O) groups is 2. The number of anilines is 2. The molecular weight excluding hydrogens is 574 g/mol. The topological polar surface area (TPSA) is 105 Å². The van der Waals surface area contributed by atoms with Crippen molar-refractivity contribution in [2.75, 3.05) is 23.7 Å². The minimum atomic E-state index is -0.327. The Balaban J connectivity index is 1.04. The average molecular weight is 616 g/mol. The van der Waals surface area contributed by atoms with Gasteiger partial charge in [0.1, 0.15) is 5.82 Å². The molecule has 0 atom stereocenters. The molecule has 1 aliphatic rings. The molecule has 1 saturated heterocycles. The van der Waals surface area contributed by atoms with Crippen LogP contribution in [-0.2, 0) is 11.8 Å². The summed E-state index contributed by atoms with van der Waals surface area (Å²) >= 11 is 0. The van der Waals surface area contributed by atoms with Crippen molar-refractivity contribution in [2.45, 2.75) is 59.3 Å². The Morgan fingerprint density at radius 1 is 0.913 bits per heavy atom. The summed E-state index contributed by atoms with van der Waals surface area (Å²) in [7, 11) is 0. The predicted molar refractivity (Wildman–Crippen MR) is 183 cm³/mol. The number of aryl methyl sites for hydroxylation is 2. The third-order valence-electron chi connectivity index (χ3n) is 8.67. The van der Waals surface area contributed by atoms with Crippen LogP contribution in [0.5, 0.6) is 0 Å². The van der Waals surface area contributed by atoms with Gasteiger partial charge < -0.3 is 10.2 Å². The lowest BCUT2D eigenvalue weighted by Gasteiger charge is -2.32. The van der Waals surface area contributed by atoms with Crippen LogP contribution in [0.15, 0.2) is 79.1 Å². The van der Waals surface area contributed by atoms with E-state index < -0.39 is 0 Å². The number of benzene rings is 2. The summed E-state index contributed by atoms with van der Waals surface area (Å²) in [6, 6.07) is 21.5. The van der Waals surface area contributed by atoms with Gasteiger partial charge in [0.2, 0.25) is 0 Å². The summed E-state index contributed by atoms with van der Waals surface area (Å²) in [6.45, 7) is 11.7. The highest BCUT2D eigenvalue weighted by Gasteiger charge is 2.26. The van der Waals surface area contributed by atoms with Gasteiger partial charge in [-0.05, 0) is 81.0 Å². The number of piperidine rings is 1. The molecule has 0 bridgehead atoms. The molecule has 9 nitrogen and oxygen atoms in total. The SMILES string of the molecule is Cc1ccc(-n2nc(C(C)(C)C)cc2NC(=O)Nc2ccc(CC3CCN(C(=O)c4cc5cnccc5nc4C)CC3)cc2)cc1. The second-order valence-corrected chi connectivity index (χ2v) is 13.3. The Labute approximate surface area is 270 Å². The van der Waals surface area contributed by atoms with E-state index in [0.29, 0.717) is 23.0 Å². The smallest absolute Gasteiger partial charge is 0.324 e. The van der Waals surface area contributed by atoms with Crippen molar-refractivity contribution >= 4 is 34.3 Å². The number of fused-ring (bicyclic) bond motifs is 1. The second-order valence-electron chi connectivity index (χ2n) is 13.3. The van der Waals surface area contributed by atoms with Gasteiger partial charge in [0.25, 0.3) is 5.91 Å². The van der Waals surface area contributed by atoms with E-state index in [9.17, 15) is 9.59 Å². The number of nitrogens with one attached hydrogen (secondary N) is 2. The van der Waals surface area contributed by atoms with Crippen molar-refractivity contribution in [3.8, 4) is 5.69 Å². The molecular formula is C37H41N7O2. The second kappa shape index (κ2) is 12.7. The van der Waals surface area contributed by atoms with Crippen LogP contribution in [0.4, 0.5) is 16.3 Å².